The van der Waals surface area contributed by atoms with Crippen LogP contribution in [0, 0.1) is 0 Å². The van der Waals surface area contributed by atoms with Crippen LogP contribution in [0.15, 0.2) is 58.3 Å². The molecule has 2 nitrogen and oxygen atoms in total. The van der Waals surface area contributed by atoms with Crippen LogP contribution in [-0.4, -0.2) is 12.6 Å². The summed E-state index contributed by atoms with van der Waals surface area (Å²) in [6.07, 6.45) is 0. The number of hydrogen-bond donors (Lipinski definition) is 0. The standard InChI is InChI=1S/C19H22O2S2/c1-5-21-18(20)16-8-6-7-9-17(16)23-22-15-12-10-14(11-13-15)19(2,3)4/h6-13H,5H2,1-4H3. The first-order chi connectivity index (χ1) is 10.9. The average molecular weight is 347 g/mol. The molecular weight excluding hydrogens is 324 g/mol. The highest BCUT2D eigenvalue weighted by molar-refractivity contribution is 8.76. The lowest BCUT2D eigenvalue weighted by molar-refractivity contribution is 0.0522. The number of esters is 1. The van der Waals surface area contributed by atoms with Crippen LogP contribution in [0.4, 0.5) is 0 Å². The van der Waals surface area contributed by atoms with E-state index in [9.17, 15) is 4.79 Å². The van der Waals surface area contributed by atoms with E-state index in [1.54, 1.807) is 21.6 Å². The molecule has 2 aromatic carbocycles. The van der Waals surface area contributed by atoms with Crippen molar-refractivity contribution in [2.24, 2.45) is 0 Å². The summed E-state index contributed by atoms with van der Waals surface area (Å²) in [5, 5.41) is 0. The van der Waals surface area contributed by atoms with Crippen molar-refractivity contribution >= 4 is 27.6 Å². The van der Waals surface area contributed by atoms with E-state index in [0.717, 1.165) is 4.90 Å². The van der Waals surface area contributed by atoms with E-state index in [0.29, 0.717) is 12.2 Å². The molecule has 0 aliphatic heterocycles. The molecule has 2 rings (SSSR count). The van der Waals surface area contributed by atoms with Crippen LogP contribution in [0.2, 0.25) is 0 Å². The molecule has 0 N–H and O–H groups in total. The average Bonchev–Trinajstić information content (AvgIpc) is 2.53. The van der Waals surface area contributed by atoms with Crippen molar-refractivity contribution < 1.29 is 9.53 Å². The van der Waals surface area contributed by atoms with Gasteiger partial charge in [-0.15, -0.1) is 0 Å². The molecular formula is C19H22O2S2. The Kier molecular flexibility index (Phi) is 6.19. The second kappa shape index (κ2) is 7.93. The number of hydrogen-bond acceptors (Lipinski definition) is 4. The fraction of sp³-hybridized carbons (Fsp3) is 0.316. The van der Waals surface area contributed by atoms with Gasteiger partial charge in [0.2, 0.25) is 0 Å². The molecule has 0 saturated heterocycles. The minimum absolute atomic E-state index is 0.160. The smallest absolute Gasteiger partial charge is 0.339 e. The predicted octanol–water partition coefficient (Wildman–Crippen LogP) is 5.96. The van der Waals surface area contributed by atoms with Gasteiger partial charge in [0.15, 0.2) is 0 Å². The van der Waals surface area contributed by atoms with Gasteiger partial charge in [0, 0.05) is 9.79 Å². The molecule has 0 aromatic heterocycles. The molecule has 2 aromatic rings. The Labute approximate surface area is 146 Å². The van der Waals surface area contributed by atoms with Crippen LogP contribution >= 0.6 is 21.6 Å². The van der Waals surface area contributed by atoms with Crippen LogP contribution in [0.1, 0.15) is 43.6 Å². The maximum absolute atomic E-state index is 12.0. The van der Waals surface area contributed by atoms with E-state index in [4.69, 9.17) is 4.74 Å². The van der Waals surface area contributed by atoms with Gasteiger partial charge in [-0.2, -0.15) is 0 Å². The van der Waals surface area contributed by atoms with Gasteiger partial charge in [-0.05, 0) is 42.2 Å². The molecule has 0 radical (unpaired) electrons. The molecule has 0 spiro atoms. The first-order valence-corrected chi connectivity index (χ1v) is 9.78. The SMILES string of the molecule is CCOC(=O)c1ccccc1SSc1ccc(C(C)(C)C)cc1. The first kappa shape index (κ1) is 18.0. The summed E-state index contributed by atoms with van der Waals surface area (Å²) >= 11 is 0. The van der Waals surface area contributed by atoms with Crippen LogP contribution in [0.5, 0.6) is 0 Å². The maximum Gasteiger partial charge on any atom is 0.339 e. The van der Waals surface area contributed by atoms with Gasteiger partial charge in [0.1, 0.15) is 0 Å². The molecule has 0 fully saturated rings. The Bertz CT molecular complexity index is 658. The highest BCUT2D eigenvalue weighted by atomic mass is 33.1. The predicted molar refractivity (Wildman–Crippen MR) is 99.3 cm³/mol. The zero-order chi connectivity index (χ0) is 16.9. The van der Waals surface area contributed by atoms with Crippen molar-refractivity contribution in [1.82, 2.24) is 0 Å². The summed E-state index contributed by atoms with van der Waals surface area (Å²) in [6, 6.07) is 16.2. The minimum atomic E-state index is -0.265. The van der Waals surface area contributed by atoms with Gasteiger partial charge in [-0.25, -0.2) is 4.79 Å². The van der Waals surface area contributed by atoms with E-state index < -0.39 is 0 Å². The van der Waals surface area contributed by atoms with Crippen molar-refractivity contribution in [2.75, 3.05) is 6.61 Å². The van der Waals surface area contributed by atoms with E-state index in [-0.39, 0.29) is 11.4 Å². The van der Waals surface area contributed by atoms with Crippen LogP contribution < -0.4 is 0 Å². The highest BCUT2D eigenvalue weighted by Crippen LogP contribution is 2.39. The summed E-state index contributed by atoms with van der Waals surface area (Å²) in [4.78, 5) is 14.1. The van der Waals surface area contributed by atoms with Crippen molar-refractivity contribution in [3.8, 4) is 0 Å². The van der Waals surface area contributed by atoms with Crippen molar-refractivity contribution in [2.45, 2.75) is 42.9 Å². The Balaban J connectivity index is 2.08. The largest absolute Gasteiger partial charge is 0.462 e. The lowest BCUT2D eigenvalue weighted by Gasteiger charge is -2.19. The number of rotatable bonds is 5. The maximum atomic E-state index is 12.0. The number of carbonyl (C=O) groups excluding carboxylic acids is 1. The molecule has 0 aliphatic carbocycles. The van der Waals surface area contributed by atoms with E-state index in [1.165, 1.54) is 10.5 Å². The zero-order valence-electron chi connectivity index (χ0n) is 14.0. The Hall–Kier alpha value is -1.39. The number of carbonyl (C=O) groups is 1. The normalized spacial score (nSPS) is 11.3. The molecule has 4 heteroatoms. The lowest BCUT2D eigenvalue weighted by Crippen LogP contribution is -2.10. The molecule has 0 heterocycles. The molecule has 0 saturated carbocycles. The van der Waals surface area contributed by atoms with Crippen LogP contribution in [0.25, 0.3) is 0 Å². The van der Waals surface area contributed by atoms with Gasteiger partial charge >= 0.3 is 5.97 Å². The molecule has 0 aliphatic rings. The molecule has 0 unspecified atom stereocenters. The van der Waals surface area contributed by atoms with Gasteiger partial charge in [-0.1, -0.05) is 66.6 Å². The summed E-state index contributed by atoms with van der Waals surface area (Å²) in [7, 11) is 3.23. The number of benzene rings is 2. The monoisotopic (exact) mass is 346 g/mol. The highest BCUT2D eigenvalue weighted by Gasteiger charge is 2.14. The van der Waals surface area contributed by atoms with Gasteiger partial charge in [-0.3, -0.25) is 0 Å². The molecule has 23 heavy (non-hydrogen) atoms. The quantitative estimate of drug-likeness (QED) is 0.493. The summed E-state index contributed by atoms with van der Waals surface area (Å²) in [5.74, 6) is -0.265. The summed E-state index contributed by atoms with van der Waals surface area (Å²) in [6.45, 7) is 8.83. The minimum Gasteiger partial charge on any atom is -0.462 e. The van der Waals surface area contributed by atoms with Crippen LogP contribution in [-0.2, 0) is 10.2 Å². The molecule has 0 amide bonds. The molecule has 0 bridgehead atoms. The van der Waals surface area contributed by atoms with Crippen molar-refractivity contribution in [3.63, 3.8) is 0 Å². The Morgan fingerprint density at radius 3 is 2.26 bits per heavy atom. The zero-order valence-corrected chi connectivity index (χ0v) is 15.6. The fourth-order valence-corrected chi connectivity index (χ4v) is 4.16. The van der Waals surface area contributed by atoms with Gasteiger partial charge < -0.3 is 4.74 Å². The van der Waals surface area contributed by atoms with E-state index >= 15 is 0 Å². The Morgan fingerprint density at radius 1 is 1.00 bits per heavy atom. The third-order valence-corrected chi connectivity index (χ3v) is 5.78. The first-order valence-electron chi connectivity index (χ1n) is 7.63. The third kappa shape index (κ3) is 5.05. The summed E-state index contributed by atoms with van der Waals surface area (Å²) in [5.41, 5.74) is 2.10. The molecule has 0 atom stereocenters. The Morgan fingerprint density at radius 2 is 1.65 bits per heavy atom. The number of ether oxygens (including phenoxy) is 1. The lowest BCUT2D eigenvalue weighted by atomic mass is 9.87. The van der Waals surface area contributed by atoms with E-state index in [1.807, 2.05) is 31.2 Å². The second-order valence-corrected chi connectivity index (χ2v) is 8.40. The van der Waals surface area contributed by atoms with Crippen molar-refractivity contribution in [3.05, 3.63) is 59.7 Å². The molecule has 122 valence electrons. The summed E-state index contributed by atoms with van der Waals surface area (Å²) < 4.78 is 5.11. The topological polar surface area (TPSA) is 26.3 Å². The fourth-order valence-electron chi connectivity index (χ4n) is 2.02. The van der Waals surface area contributed by atoms with Gasteiger partial charge in [0.25, 0.3) is 0 Å². The van der Waals surface area contributed by atoms with E-state index in [2.05, 4.69) is 45.0 Å². The third-order valence-electron chi connectivity index (χ3n) is 3.33. The second-order valence-electron chi connectivity index (χ2n) is 6.16. The van der Waals surface area contributed by atoms with Crippen LogP contribution in [0.3, 0.4) is 0 Å². The van der Waals surface area contributed by atoms with Crippen molar-refractivity contribution in [1.29, 1.82) is 0 Å². The van der Waals surface area contributed by atoms with Gasteiger partial charge in [0.05, 0.1) is 12.2 Å².